The summed E-state index contributed by atoms with van der Waals surface area (Å²) in [5.41, 5.74) is 1.28. The Morgan fingerprint density at radius 3 is 3.33 bits per heavy atom. The molecule has 2 heterocycles. The lowest BCUT2D eigenvalue weighted by Crippen LogP contribution is -2.36. The molecule has 1 unspecified atom stereocenters. The Kier molecular flexibility index (Phi) is 3.75. The predicted octanol–water partition coefficient (Wildman–Crippen LogP) is 1.24. The van der Waals surface area contributed by atoms with Crippen molar-refractivity contribution in [2.75, 3.05) is 33.4 Å². The lowest BCUT2D eigenvalue weighted by Gasteiger charge is -2.31. The number of nitrogens with one attached hydrogen (secondary N) is 1. The van der Waals surface area contributed by atoms with Crippen molar-refractivity contribution in [2.45, 2.75) is 18.8 Å². The van der Waals surface area contributed by atoms with Crippen LogP contribution in [0.15, 0.2) is 12.3 Å². The van der Waals surface area contributed by atoms with Crippen LogP contribution in [0.25, 0.3) is 0 Å². The van der Waals surface area contributed by atoms with E-state index in [-0.39, 0.29) is 0 Å². The van der Waals surface area contributed by atoms with Gasteiger partial charge >= 0.3 is 0 Å². The molecule has 1 N–H and O–H groups in total. The first-order valence-corrected chi connectivity index (χ1v) is 5.60. The smallest absolute Gasteiger partial charge is 0.0589 e. The van der Waals surface area contributed by atoms with E-state index in [0.29, 0.717) is 5.92 Å². The minimum Gasteiger partial charge on any atom is -0.383 e. The Balaban J connectivity index is 1.87. The second-order valence-corrected chi connectivity index (χ2v) is 4.14. The zero-order valence-electron chi connectivity index (χ0n) is 9.28. The fourth-order valence-corrected chi connectivity index (χ4v) is 2.23. The van der Waals surface area contributed by atoms with Gasteiger partial charge in [-0.2, -0.15) is 5.10 Å². The molecule has 1 aliphatic rings. The van der Waals surface area contributed by atoms with Crippen molar-refractivity contribution in [3.63, 3.8) is 0 Å². The summed E-state index contributed by atoms with van der Waals surface area (Å²) in [5.74, 6) is 0.623. The van der Waals surface area contributed by atoms with Crippen molar-refractivity contribution in [3.05, 3.63) is 18.0 Å². The van der Waals surface area contributed by atoms with Crippen LogP contribution in [0.2, 0.25) is 0 Å². The van der Waals surface area contributed by atoms with Crippen molar-refractivity contribution in [1.82, 2.24) is 15.1 Å². The average molecular weight is 209 g/mol. The summed E-state index contributed by atoms with van der Waals surface area (Å²) in [7, 11) is 1.76. The summed E-state index contributed by atoms with van der Waals surface area (Å²) < 4.78 is 5.11. The predicted molar refractivity (Wildman–Crippen MR) is 58.9 cm³/mol. The number of rotatable bonds is 4. The summed E-state index contributed by atoms with van der Waals surface area (Å²) in [6.45, 7) is 4.20. The van der Waals surface area contributed by atoms with Crippen LogP contribution in [-0.2, 0) is 4.74 Å². The normalized spacial score (nSPS) is 23.1. The molecule has 1 saturated heterocycles. The molecule has 15 heavy (non-hydrogen) atoms. The first kappa shape index (κ1) is 10.6. The van der Waals surface area contributed by atoms with Crippen LogP contribution >= 0.6 is 0 Å². The Morgan fingerprint density at radius 2 is 2.60 bits per heavy atom. The van der Waals surface area contributed by atoms with E-state index in [1.807, 2.05) is 6.20 Å². The van der Waals surface area contributed by atoms with Crippen LogP contribution in [0.5, 0.6) is 0 Å². The van der Waals surface area contributed by atoms with E-state index in [2.05, 4.69) is 21.2 Å². The molecule has 1 aromatic heterocycles. The SMILES string of the molecule is COCCN1CCCC(c2ccn[nH]2)C1. The van der Waals surface area contributed by atoms with Gasteiger partial charge in [-0.15, -0.1) is 0 Å². The van der Waals surface area contributed by atoms with Crippen molar-refractivity contribution in [2.24, 2.45) is 0 Å². The fourth-order valence-electron chi connectivity index (χ4n) is 2.23. The molecule has 1 fully saturated rings. The van der Waals surface area contributed by atoms with E-state index < -0.39 is 0 Å². The maximum absolute atomic E-state index is 5.11. The van der Waals surface area contributed by atoms with E-state index in [0.717, 1.165) is 19.7 Å². The van der Waals surface area contributed by atoms with Crippen molar-refractivity contribution in [3.8, 4) is 0 Å². The molecule has 0 aromatic carbocycles. The number of methoxy groups -OCH3 is 1. The molecule has 4 nitrogen and oxygen atoms in total. The minimum absolute atomic E-state index is 0.623. The molecule has 0 aliphatic carbocycles. The highest BCUT2D eigenvalue weighted by atomic mass is 16.5. The van der Waals surface area contributed by atoms with Crippen molar-refractivity contribution < 1.29 is 4.74 Å². The molecular weight excluding hydrogens is 190 g/mol. The highest BCUT2D eigenvalue weighted by Gasteiger charge is 2.21. The van der Waals surface area contributed by atoms with Crippen LogP contribution in [0.4, 0.5) is 0 Å². The Morgan fingerprint density at radius 1 is 1.67 bits per heavy atom. The molecule has 4 heteroatoms. The Bertz CT molecular complexity index is 273. The second-order valence-electron chi connectivity index (χ2n) is 4.14. The monoisotopic (exact) mass is 209 g/mol. The minimum atomic E-state index is 0.623. The summed E-state index contributed by atoms with van der Waals surface area (Å²) >= 11 is 0. The topological polar surface area (TPSA) is 41.1 Å². The first-order valence-electron chi connectivity index (χ1n) is 5.60. The zero-order chi connectivity index (χ0) is 10.5. The van der Waals surface area contributed by atoms with E-state index >= 15 is 0 Å². The van der Waals surface area contributed by atoms with Crippen LogP contribution in [0, 0.1) is 0 Å². The van der Waals surface area contributed by atoms with Gasteiger partial charge in [0.15, 0.2) is 0 Å². The molecule has 0 radical (unpaired) electrons. The standard InChI is InChI=1S/C11H19N3O/c1-15-8-7-14-6-2-3-10(9-14)11-4-5-12-13-11/h4-5,10H,2-3,6-9H2,1H3,(H,12,13). The molecule has 1 atom stereocenters. The van der Waals surface area contributed by atoms with E-state index in [1.165, 1.54) is 25.1 Å². The summed E-state index contributed by atoms with van der Waals surface area (Å²) in [6.07, 6.45) is 4.38. The van der Waals surface area contributed by atoms with Gasteiger partial charge in [-0.3, -0.25) is 5.10 Å². The number of likely N-dealkylation sites (tertiary alicyclic amines) is 1. The molecule has 2 rings (SSSR count). The highest BCUT2D eigenvalue weighted by Crippen LogP contribution is 2.24. The van der Waals surface area contributed by atoms with Gasteiger partial charge in [0.2, 0.25) is 0 Å². The Labute approximate surface area is 90.6 Å². The third-order valence-electron chi connectivity index (χ3n) is 3.08. The quantitative estimate of drug-likeness (QED) is 0.811. The highest BCUT2D eigenvalue weighted by molar-refractivity contribution is 5.07. The molecule has 1 aromatic rings. The molecule has 0 amide bonds. The van der Waals surface area contributed by atoms with Gasteiger partial charge in [-0.1, -0.05) is 0 Å². The lowest BCUT2D eigenvalue weighted by atomic mass is 9.95. The number of ether oxygens (including phenoxy) is 1. The number of aromatic amines is 1. The maximum atomic E-state index is 5.11. The zero-order valence-corrected chi connectivity index (χ0v) is 9.28. The third kappa shape index (κ3) is 2.79. The molecule has 0 saturated carbocycles. The van der Waals surface area contributed by atoms with Crippen LogP contribution in [0.1, 0.15) is 24.5 Å². The van der Waals surface area contributed by atoms with E-state index in [4.69, 9.17) is 4.74 Å². The van der Waals surface area contributed by atoms with Crippen molar-refractivity contribution in [1.29, 1.82) is 0 Å². The number of hydrogen-bond acceptors (Lipinski definition) is 3. The van der Waals surface area contributed by atoms with Crippen LogP contribution in [-0.4, -0.2) is 48.4 Å². The molecule has 0 spiro atoms. The largest absolute Gasteiger partial charge is 0.383 e. The maximum Gasteiger partial charge on any atom is 0.0589 e. The van der Waals surface area contributed by atoms with Gasteiger partial charge in [0.1, 0.15) is 0 Å². The van der Waals surface area contributed by atoms with Gasteiger partial charge in [-0.05, 0) is 25.5 Å². The lowest BCUT2D eigenvalue weighted by molar-refractivity contribution is 0.127. The molecular formula is C11H19N3O. The fraction of sp³-hybridized carbons (Fsp3) is 0.727. The van der Waals surface area contributed by atoms with Crippen molar-refractivity contribution >= 4 is 0 Å². The van der Waals surface area contributed by atoms with E-state index in [1.54, 1.807) is 7.11 Å². The van der Waals surface area contributed by atoms with Crippen LogP contribution < -0.4 is 0 Å². The number of nitrogens with zero attached hydrogens (tertiary/aromatic N) is 2. The van der Waals surface area contributed by atoms with Gasteiger partial charge in [0.25, 0.3) is 0 Å². The number of hydrogen-bond donors (Lipinski definition) is 1. The van der Waals surface area contributed by atoms with Gasteiger partial charge in [0.05, 0.1) is 6.61 Å². The number of aromatic nitrogens is 2. The summed E-state index contributed by atoms with van der Waals surface area (Å²) in [6, 6.07) is 2.09. The molecule has 84 valence electrons. The van der Waals surface area contributed by atoms with Gasteiger partial charge in [-0.25, -0.2) is 0 Å². The van der Waals surface area contributed by atoms with Gasteiger partial charge < -0.3 is 9.64 Å². The second kappa shape index (κ2) is 5.28. The first-order chi connectivity index (χ1) is 7.40. The van der Waals surface area contributed by atoms with Crippen LogP contribution in [0.3, 0.4) is 0 Å². The number of piperidine rings is 1. The number of H-pyrrole nitrogens is 1. The summed E-state index contributed by atoms with van der Waals surface area (Å²) in [5, 5.41) is 7.09. The Hall–Kier alpha value is -0.870. The summed E-state index contributed by atoms with van der Waals surface area (Å²) in [4.78, 5) is 2.47. The third-order valence-corrected chi connectivity index (χ3v) is 3.08. The average Bonchev–Trinajstić information content (AvgIpc) is 2.80. The molecule has 1 aliphatic heterocycles. The van der Waals surface area contributed by atoms with E-state index in [9.17, 15) is 0 Å². The molecule has 0 bridgehead atoms. The van der Waals surface area contributed by atoms with Gasteiger partial charge in [0, 0.05) is 38.0 Å².